The van der Waals surface area contributed by atoms with Gasteiger partial charge >= 0.3 is 0 Å². The van der Waals surface area contributed by atoms with Gasteiger partial charge in [-0.3, -0.25) is 0 Å². The van der Waals surface area contributed by atoms with Crippen LogP contribution >= 0.6 is 11.3 Å². The number of aliphatic hydroxyl groups is 1. The topological polar surface area (TPSA) is 32.3 Å². The average Bonchev–Trinajstić information content (AvgIpc) is 2.96. The minimum Gasteiger partial charge on any atom is -0.392 e. The Bertz CT molecular complexity index is 598. The maximum Gasteiger partial charge on any atom is 0.131 e. The van der Waals surface area contributed by atoms with Gasteiger partial charge in [0.15, 0.2) is 0 Å². The third-order valence-corrected chi connectivity index (χ3v) is 5.19. The number of hydrogen-bond acceptors (Lipinski definition) is 3. The molecule has 0 bridgehead atoms. The lowest BCUT2D eigenvalue weighted by Crippen LogP contribution is -2.41. The summed E-state index contributed by atoms with van der Waals surface area (Å²) in [5.74, 6) is -0.179. The van der Waals surface area contributed by atoms with E-state index < -0.39 is 0 Å². The summed E-state index contributed by atoms with van der Waals surface area (Å²) in [7, 11) is 0. The summed E-state index contributed by atoms with van der Waals surface area (Å²) in [5.41, 5.74) is 0.659. The molecule has 2 unspecified atom stereocenters. The average molecular weight is 305 g/mol. The summed E-state index contributed by atoms with van der Waals surface area (Å²) in [5, 5.41) is 13.4. The molecule has 3 rings (SSSR count). The molecule has 2 atom stereocenters. The lowest BCUT2D eigenvalue weighted by molar-refractivity contribution is 0.0904. The Balaban J connectivity index is 1.64. The Morgan fingerprint density at radius 3 is 2.76 bits per heavy atom. The Morgan fingerprint density at radius 2 is 1.95 bits per heavy atom. The van der Waals surface area contributed by atoms with E-state index in [4.69, 9.17) is 0 Å². The van der Waals surface area contributed by atoms with Gasteiger partial charge in [-0.15, -0.1) is 11.3 Å². The standard InChI is InChI=1S/C17H20FNOS/c18-14-6-2-1-5-13(14)17-10-9-12(21-17)11-19-15-7-3-4-8-16(15)20/h1-2,5-6,9-10,15-16,19-20H,3-4,7-8,11H2. The molecule has 4 heteroatoms. The van der Waals surface area contributed by atoms with Crippen molar-refractivity contribution in [2.75, 3.05) is 0 Å². The Labute approximate surface area is 128 Å². The van der Waals surface area contributed by atoms with Crippen LogP contribution in [0, 0.1) is 5.82 Å². The Kier molecular flexibility index (Phi) is 4.68. The Hall–Kier alpha value is -1.23. The van der Waals surface area contributed by atoms with Crippen molar-refractivity contribution in [3.05, 3.63) is 47.1 Å². The predicted octanol–water partition coefficient (Wildman–Crippen LogP) is 3.95. The summed E-state index contributed by atoms with van der Waals surface area (Å²) >= 11 is 1.61. The lowest BCUT2D eigenvalue weighted by atomic mass is 9.92. The molecule has 0 radical (unpaired) electrons. The van der Waals surface area contributed by atoms with E-state index in [1.807, 2.05) is 24.3 Å². The molecule has 1 aromatic carbocycles. The van der Waals surface area contributed by atoms with Crippen molar-refractivity contribution in [2.24, 2.45) is 0 Å². The SMILES string of the molecule is OC1CCCCC1NCc1ccc(-c2ccccc2F)s1. The molecule has 1 aromatic heterocycles. The number of aliphatic hydroxyl groups excluding tert-OH is 1. The highest BCUT2D eigenvalue weighted by molar-refractivity contribution is 7.15. The van der Waals surface area contributed by atoms with Crippen molar-refractivity contribution in [1.29, 1.82) is 0 Å². The van der Waals surface area contributed by atoms with Crippen LogP contribution in [-0.2, 0) is 6.54 Å². The molecule has 0 amide bonds. The number of thiophene rings is 1. The first-order valence-corrected chi connectivity index (χ1v) is 8.31. The molecule has 21 heavy (non-hydrogen) atoms. The zero-order chi connectivity index (χ0) is 14.7. The van der Waals surface area contributed by atoms with Crippen molar-refractivity contribution >= 4 is 11.3 Å². The van der Waals surface area contributed by atoms with Crippen LogP contribution in [0.15, 0.2) is 36.4 Å². The molecule has 1 saturated carbocycles. The molecular weight excluding hydrogens is 285 g/mol. The third kappa shape index (κ3) is 3.51. The van der Waals surface area contributed by atoms with Gasteiger partial charge in [0, 0.05) is 27.9 Å². The molecule has 112 valence electrons. The van der Waals surface area contributed by atoms with Crippen molar-refractivity contribution in [3.8, 4) is 10.4 Å². The molecule has 0 aliphatic heterocycles. The number of nitrogens with one attached hydrogen (secondary N) is 1. The van der Waals surface area contributed by atoms with E-state index in [9.17, 15) is 9.50 Å². The molecule has 0 saturated heterocycles. The molecule has 1 fully saturated rings. The second kappa shape index (κ2) is 6.69. The summed E-state index contributed by atoms with van der Waals surface area (Å²) in [6, 6.07) is 11.1. The second-order valence-electron chi connectivity index (χ2n) is 5.59. The number of rotatable bonds is 4. The van der Waals surface area contributed by atoms with Gasteiger partial charge in [-0.05, 0) is 31.0 Å². The van der Waals surface area contributed by atoms with Crippen LogP contribution in [-0.4, -0.2) is 17.3 Å². The van der Waals surface area contributed by atoms with Crippen LogP contribution in [0.1, 0.15) is 30.6 Å². The quantitative estimate of drug-likeness (QED) is 0.896. The fraction of sp³-hybridized carbons (Fsp3) is 0.412. The molecule has 2 nitrogen and oxygen atoms in total. The zero-order valence-electron chi connectivity index (χ0n) is 11.9. The van der Waals surface area contributed by atoms with Gasteiger partial charge in [0.05, 0.1) is 6.10 Å². The summed E-state index contributed by atoms with van der Waals surface area (Å²) < 4.78 is 13.8. The van der Waals surface area contributed by atoms with E-state index in [2.05, 4.69) is 5.32 Å². The molecular formula is C17H20FNOS. The highest BCUT2D eigenvalue weighted by atomic mass is 32.1. The van der Waals surface area contributed by atoms with Gasteiger partial charge in [0.25, 0.3) is 0 Å². The van der Waals surface area contributed by atoms with Crippen LogP contribution < -0.4 is 5.32 Å². The minimum atomic E-state index is -0.232. The van der Waals surface area contributed by atoms with E-state index in [-0.39, 0.29) is 18.0 Å². The molecule has 1 heterocycles. The normalized spacial score (nSPS) is 22.4. The van der Waals surface area contributed by atoms with Crippen LogP contribution in [0.5, 0.6) is 0 Å². The van der Waals surface area contributed by atoms with Crippen molar-refractivity contribution in [2.45, 2.75) is 44.4 Å². The molecule has 2 N–H and O–H groups in total. The fourth-order valence-corrected chi connectivity index (χ4v) is 3.85. The first kappa shape index (κ1) is 14.7. The molecule has 1 aliphatic carbocycles. The van der Waals surface area contributed by atoms with E-state index in [0.29, 0.717) is 5.56 Å². The van der Waals surface area contributed by atoms with E-state index in [1.54, 1.807) is 17.4 Å². The highest BCUT2D eigenvalue weighted by Crippen LogP contribution is 2.30. The van der Waals surface area contributed by atoms with Gasteiger partial charge in [0.1, 0.15) is 5.82 Å². The largest absolute Gasteiger partial charge is 0.392 e. The fourth-order valence-electron chi connectivity index (χ4n) is 2.86. The zero-order valence-corrected chi connectivity index (χ0v) is 12.7. The van der Waals surface area contributed by atoms with Crippen LogP contribution in [0.4, 0.5) is 4.39 Å². The summed E-state index contributed by atoms with van der Waals surface area (Å²) in [6.07, 6.45) is 4.00. The van der Waals surface area contributed by atoms with Gasteiger partial charge in [0.2, 0.25) is 0 Å². The van der Waals surface area contributed by atoms with Crippen molar-refractivity contribution in [1.82, 2.24) is 5.32 Å². The number of halogens is 1. The lowest BCUT2D eigenvalue weighted by Gasteiger charge is -2.28. The van der Waals surface area contributed by atoms with Crippen molar-refractivity contribution < 1.29 is 9.50 Å². The number of hydrogen-bond donors (Lipinski definition) is 2. The van der Waals surface area contributed by atoms with Gasteiger partial charge in [-0.2, -0.15) is 0 Å². The third-order valence-electron chi connectivity index (χ3n) is 4.07. The van der Waals surface area contributed by atoms with Crippen LogP contribution in [0.2, 0.25) is 0 Å². The van der Waals surface area contributed by atoms with Gasteiger partial charge < -0.3 is 10.4 Å². The predicted molar refractivity (Wildman–Crippen MR) is 84.8 cm³/mol. The second-order valence-corrected chi connectivity index (χ2v) is 6.75. The van der Waals surface area contributed by atoms with Crippen LogP contribution in [0.3, 0.4) is 0 Å². The Morgan fingerprint density at radius 1 is 1.14 bits per heavy atom. The monoisotopic (exact) mass is 305 g/mol. The maximum atomic E-state index is 13.8. The van der Waals surface area contributed by atoms with E-state index >= 15 is 0 Å². The van der Waals surface area contributed by atoms with Crippen LogP contribution in [0.25, 0.3) is 10.4 Å². The first-order chi connectivity index (χ1) is 10.2. The molecule has 2 aromatic rings. The van der Waals surface area contributed by atoms with E-state index in [0.717, 1.165) is 30.7 Å². The summed E-state index contributed by atoms with van der Waals surface area (Å²) in [4.78, 5) is 2.13. The van der Waals surface area contributed by atoms with Crippen molar-refractivity contribution in [3.63, 3.8) is 0 Å². The minimum absolute atomic E-state index is 0.179. The first-order valence-electron chi connectivity index (χ1n) is 7.49. The van der Waals surface area contributed by atoms with E-state index in [1.165, 1.54) is 17.4 Å². The maximum absolute atomic E-state index is 13.8. The smallest absolute Gasteiger partial charge is 0.131 e. The van der Waals surface area contributed by atoms with Gasteiger partial charge in [-0.1, -0.05) is 31.0 Å². The highest BCUT2D eigenvalue weighted by Gasteiger charge is 2.22. The van der Waals surface area contributed by atoms with Gasteiger partial charge in [-0.25, -0.2) is 4.39 Å². The summed E-state index contributed by atoms with van der Waals surface area (Å²) in [6.45, 7) is 0.737. The molecule has 0 spiro atoms. The molecule has 1 aliphatic rings. The number of benzene rings is 1.